The van der Waals surface area contributed by atoms with E-state index < -0.39 is 22.0 Å². The number of benzene rings is 2. The Bertz CT molecular complexity index is 1210. The molecule has 0 aliphatic rings. The van der Waals surface area contributed by atoms with E-state index >= 15 is 0 Å². The molecule has 30 heavy (non-hydrogen) atoms. The molecule has 9 nitrogen and oxygen atoms in total. The van der Waals surface area contributed by atoms with Gasteiger partial charge in [0.1, 0.15) is 11.0 Å². The van der Waals surface area contributed by atoms with E-state index in [1.165, 1.54) is 51.4 Å². The van der Waals surface area contributed by atoms with Crippen LogP contribution in [0, 0.1) is 0 Å². The highest BCUT2D eigenvalue weighted by Crippen LogP contribution is 2.33. The molecular weight excluding hydrogens is 477 g/mol. The van der Waals surface area contributed by atoms with Crippen LogP contribution in [0.15, 0.2) is 35.2 Å². The van der Waals surface area contributed by atoms with Crippen molar-refractivity contribution in [2.75, 3.05) is 19.4 Å². The number of hydrogen-bond donors (Lipinski definition) is 1. The summed E-state index contributed by atoms with van der Waals surface area (Å²) in [6, 6.07) is 7.15. The number of nitrogens with zero attached hydrogens (tertiary/aromatic N) is 4. The lowest BCUT2D eigenvalue weighted by Crippen LogP contribution is -2.35. The van der Waals surface area contributed by atoms with Crippen LogP contribution in [0.3, 0.4) is 0 Å². The fourth-order valence-corrected chi connectivity index (χ4v) is 4.24. The van der Waals surface area contributed by atoms with Crippen LogP contribution >= 0.6 is 34.8 Å². The molecule has 13 heteroatoms. The second kappa shape index (κ2) is 8.56. The molecule has 3 aromatic rings. The summed E-state index contributed by atoms with van der Waals surface area (Å²) in [6.45, 7) is 1.47. The molecule has 160 valence electrons. The van der Waals surface area contributed by atoms with Crippen molar-refractivity contribution in [1.82, 2.24) is 19.5 Å². The Kier molecular flexibility index (Phi) is 6.44. The molecule has 1 atom stereocenters. The van der Waals surface area contributed by atoms with E-state index in [9.17, 15) is 13.2 Å². The van der Waals surface area contributed by atoms with Crippen LogP contribution in [0.25, 0.3) is 11.0 Å². The zero-order valence-electron chi connectivity index (χ0n) is 15.9. The summed E-state index contributed by atoms with van der Waals surface area (Å²) >= 11 is 18.0. The van der Waals surface area contributed by atoms with Crippen molar-refractivity contribution in [3.63, 3.8) is 0 Å². The summed E-state index contributed by atoms with van der Waals surface area (Å²) in [7, 11) is -0.829. The number of sulfonamides is 1. The second-order valence-corrected chi connectivity index (χ2v) is 9.78. The van der Waals surface area contributed by atoms with Crippen molar-refractivity contribution in [2.24, 2.45) is 0 Å². The fraction of sp³-hybridized carbons (Fsp3) is 0.235. The molecule has 0 saturated carbocycles. The van der Waals surface area contributed by atoms with E-state index in [1.807, 2.05) is 0 Å². The van der Waals surface area contributed by atoms with Crippen LogP contribution in [-0.2, 0) is 14.8 Å². The average molecular weight is 493 g/mol. The largest absolute Gasteiger partial charge is 0.382 e. The Hall–Kier alpha value is -2.11. The van der Waals surface area contributed by atoms with Gasteiger partial charge in [-0.3, -0.25) is 4.79 Å². The van der Waals surface area contributed by atoms with Crippen LogP contribution in [0.4, 0.5) is 5.69 Å². The maximum atomic E-state index is 12.5. The number of nitrogens with one attached hydrogen (secondary N) is 1. The number of hydrogen-bond acceptors (Lipinski definition) is 6. The van der Waals surface area contributed by atoms with Gasteiger partial charge in [0.15, 0.2) is 0 Å². The number of aromatic nitrogens is 3. The van der Waals surface area contributed by atoms with Gasteiger partial charge in [0, 0.05) is 19.1 Å². The molecule has 1 aromatic heterocycles. The fourth-order valence-electron chi connectivity index (χ4n) is 2.41. The van der Waals surface area contributed by atoms with Gasteiger partial charge < -0.3 is 10.2 Å². The number of anilines is 1. The Morgan fingerprint density at radius 2 is 1.80 bits per heavy atom. The summed E-state index contributed by atoms with van der Waals surface area (Å²) in [5, 5.41) is 11.0. The van der Waals surface area contributed by atoms with Crippen molar-refractivity contribution >= 4 is 67.5 Å². The predicted octanol–water partition coefficient (Wildman–Crippen LogP) is 3.10. The van der Waals surface area contributed by atoms with Gasteiger partial charge in [0.25, 0.3) is 5.91 Å². The average Bonchev–Trinajstić information content (AvgIpc) is 3.06. The molecule has 0 bridgehead atoms. The molecule has 1 N–H and O–H groups in total. The lowest BCUT2D eigenvalue weighted by atomic mass is 10.3. The quantitative estimate of drug-likeness (QED) is 0.567. The maximum absolute atomic E-state index is 12.5. The van der Waals surface area contributed by atoms with Crippen LogP contribution < -0.4 is 10.2 Å². The third-order valence-electron chi connectivity index (χ3n) is 4.05. The minimum absolute atomic E-state index is 0.0315. The predicted molar refractivity (Wildman–Crippen MR) is 115 cm³/mol. The molecule has 0 saturated heterocycles. The highest BCUT2D eigenvalue weighted by Gasteiger charge is 2.22. The maximum Gasteiger partial charge on any atom is 0.268 e. The third-order valence-corrected chi connectivity index (χ3v) is 6.67. The van der Waals surface area contributed by atoms with Gasteiger partial charge in [-0.15, -0.1) is 5.10 Å². The van der Waals surface area contributed by atoms with Crippen LogP contribution in [0.1, 0.15) is 6.92 Å². The molecule has 0 radical (unpaired) electrons. The van der Waals surface area contributed by atoms with Gasteiger partial charge in [0.2, 0.25) is 16.1 Å². The summed E-state index contributed by atoms with van der Waals surface area (Å²) < 4.78 is 25.8. The van der Waals surface area contributed by atoms with Crippen molar-refractivity contribution in [3.05, 3.63) is 45.4 Å². The molecule has 1 unspecified atom stereocenters. The van der Waals surface area contributed by atoms with E-state index in [0.29, 0.717) is 10.5 Å². The first-order valence-corrected chi connectivity index (χ1v) is 11.0. The first kappa shape index (κ1) is 22.6. The number of carbonyl (C=O) groups excluding carboxylic acids is 1. The van der Waals surface area contributed by atoms with E-state index in [2.05, 4.69) is 15.6 Å². The van der Waals surface area contributed by atoms with E-state index in [-0.39, 0.29) is 26.1 Å². The van der Waals surface area contributed by atoms with Crippen LogP contribution in [0.2, 0.25) is 15.1 Å². The lowest BCUT2D eigenvalue weighted by Gasteiger charge is -2.16. The number of halogens is 3. The summed E-state index contributed by atoms with van der Waals surface area (Å²) in [6.07, 6.45) is -1.05. The topological polar surface area (TPSA) is 106 Å². The number of rotatable bonds is 6. The molecule has 3 rings (SSSR count). The zero-order chi connectivity index (χ0) is 22.2. The Labute approximate surface area is 187 Å². The van der Waals surface area contributed by atoms with Gasteiger partial charge in [0.05, 0.1) is 20.6 Å². The van der Waals surface area contributed by atoms with E-state index in [0.717, 1.165) is 9.15 Å². The minimum atomic E-state index is -3.67. The van der Waals surface area contributed by atoms with Gasteiger partial charge in [-0.2, -0.15) is 0 Å². The van der Waals surface area contributed by atoms with E-state index in [1.54, 1.807) is 0 Å². The Balaban J connectivity index is 1.84. The van der Waals surface area contributed by atoms with Crippen molar-refractivity contribution in [1.29, 1.82) is 0 Å². The highest BCUT2D eigenvalue weighted by atomic mass is 35.5. The number of carbonyl (C=O) groups is 1. The van der Waals surface area contributed by atoms with Crippen molar-refractivity contribution in [2.45, 2.75) is 17.9 Å². The molecule has 1 amide bonds. The molecule has 0 aliphatic carbocycles. The Morgan fingerprint density at radius 3 is 2.40 bits per heavy atom. The first-order valence-electron chi connectivity index (χ1n) is 8.41. The van der Waals surface area contributed by atoms with Crippen LogP contribution in [-0.4, -0.2) is 54.0 Å². The van der Waals surface area contributed by atoms with E-state index in [4.69, 9.17) is 39.6 Å². The van der Waals surface area contributed by atoms with Gasteiger partial charge in [-0.25, -0.2) is 12.7 Å². The van der Waals surface area contributed by atoms with Gasteiger partial charge in [-0.1, -0.05) is 39.6 Å². The molecule has 1 heterocycles. The lowest BCUT2D eigenvalue weighted by molar-refractivity contribution is -0.127. The SMILES string of the molecule is CC(On1nnc2ccc(S(=O)(=O)N(C)C)cc21)C(=O)Nc1c(Cl)cc(Cl)cc1Cl. The molecular formula is C17H16Cl3N5O4S. The number of fused-ring (bicyclic) bond motifs is 1. The first-order chi connectivity index (χ1) is 14.0. The summed E-state index contributed by atoms with van der Waals surface area (Å²) in [5.74, 6) is -0.568. The normalized spacial score (nSPS) is 12.9. The third kappa shape index (κ3) is 4.47. The van der Waals surface area contributed by atoms with Gasteiger partial charge >= 0.3 is 0 Å². The Morgan fingerprint density at radius 1 is 1.17 bits per heavy atom. The number of amides is 1. The zero-order valence-corrected chi connectivity index (χ0v) is 19.0. The highest BCUT2D eigenvalue weighted by molar-refractivity contribution is 7.89. The molecule has 2 aromatic carbocycles. The van der Waals surface area contributed by atoms with Gasteiger partial charge in [-0.05, 0) is 42.5 Å². The summed E-state index contributed by atoms with van der Waals surface area (Å²) in [4.78, 5) is 19.1. The molecule has 0 spiro atoms. The molecule has 0 fully saturated rings. The summed E-state index contributed by atoms with van der Waals surface area (Å²) in [5.41, 5.74) is 0.857. The molecule has 0 aliphatic heterocycles. The standard InChI is InChI=1S/C17H16Cl3N5O4S/c1-9(17(26)21-16-12(19)6-10(18)7-13(16)20)29-25-15-8-11(30(27,28)24(2)3)4-5-14(15)22-23-25/h4-9H,1-3H3,(H,21,26). The smallest absolute Gasteiger partial charge is 0.268 e. The van der Waals surface area contributed by atoms with Crippen LogP contribution in [0.5, 0.6) is 0 Å². The van der Waals surface area contributed by atoms with Crippen molar-refractivity contribution in [3.8, 4) is 0 Å². The minimum Gasteiger partial charge on any atom is -0.382 e. The second-order valence-electron chi connectivity index (χ2n) is 6.38. The van der Waals surface area contributed by atoms with Crippen molar-refractivity contribution < 1.29 is 18.0 Å². The monoisotopic (exact) mass is 491 g/mol.